The Morgan fingerprint density at radius 1 is 1.09 bits per heavy atom. The van der Waals surface area contributed by atoms with Crippen LogP contribution in [0, 0.1) is 5.92 Å². The molecule has 1 unspecified atom stereocenters. The molecule has 1 amide bonds. The quantitative estimate of drug-likeness (QED) is 0.464. The zero-order valence-corrected chi connectivity index (χ0v) is 19.1. The molecule has 6 nitrogen and oxygen atoms in total. The van der Waals surface area contributed by atoms with Crippen molar-refractivity contribution in [3.05, 3.63) is 52.7 Å². The summed E-state index contributed by atoms with van der Waals surface area (Å²) in [5.41, 5.74) is 1.79. The van der Waals surface area contributed by atoms with Crippen molar-refractivity contribution in [3.8, 4) is 0 Å². The van der Waals surface area contributed by atoms with Gasteiger partial charge < -0.3 is 15.6 Å². The Morgan fingerprint density at radius 3 is 2.62 bits per heavy atom. The normalized spacial score (nSPS) is 22.9. The fourth-order valence-electron chi connectivity index (χ4n) is 5.01. The maximum Gasteiger partial charge on any atom is 0.433 e. The molecule has 34 heavy (non-hydrogen) atoms. The van der Waals surface area contributed by atoms with Crippen molar-refractivity contribution in [2.45, 2.75) is 63.2 Å². The Bertz CT molecular complexity index is 1200. The highest BCUT2D eigenvalue weighted by Crippen LogP contribution is 2.35. The van der Waals surface area contributed by atoms with Gasteiger partial charge in [-0.15, -0.1) is 0 Å². The average Bonchev–Trinajstić information content (AvgIpc) is 3.28. The molecule has 1 aromatic carbocycles. The molecule has 1 atom stereocenters. The summed E-state index contributed by atoms with van der Waals surface area (Å²) in [5.74, 6) is 0.0127. The van der Waals surface area contributed by atoms with Crippen molar-refractivity contribution in [2.75, 3.05) is 5.32 Å². The molecular formula is C24H25ClF3N5O. The molecule has 2 aliphatic rings. The number of alkyl halides is 3. The third-order valence-electron chi connectivity index (χ3n) is 6.85. The van der Waals surface area contributed by atoms with Crippen LogP contribution in [0.25, 0.3) is 10.9 Å². The monoisotopic (exact) mass is 491 g/mol. The summed E-state index contributed by atoms with van der Waals surface area (Å²) >= 11 is 6.09. The highest BCUT2D eigenvalue weighted by molar-refractivity contribution is 6.31. The average molecular weight is 492 g/mol. The van der Waals surface area contributed by atoms with Crippen LogP contribution < -0.4 is 10.6 Å². The second-order valence-electron chi connectivity index (χ2n) is 9.18. The van der Waals surface area contributed by atoms with Crippen LogP contribution in [0.2, 0.25) is 5.02 Å². The van der Waals surface area contributed by atoms with Gasteiger partial charge in [0.2, 0.25) is 5.91 Å². The van der Waals surface area contributed by atoms with Crippen LogP contribution in [0.15, 0.2) is 30.6 Å². The van der Waals surface area contributed by atoms with Crippen molar-refractivity contribution in [1.82, 2.24) is 20.3 Å². The smallest absolute Gasteiger partial charge is 0.382 e. The number of halogens is 4. The molecule has 0 spiro atoms. The van der Waals surface area contributed by atoms with E-state index in [1.54, 1.807) is 12.4 Å². The minimum atomic E-state index is -4.54. The first-order chi connectivity index (χ1) is 16.3. The molecular weight excluding hydrogens is 467 g/mol. The number of hydrogen-bond donors (Lipinski definition) is 3. The zero-order valence-electron chi connectivity index (χ0n) is 18.4. The minimum absolute atomic E-state index is 0.000972. The molecule has 3 N–H and O–H groups in total. The van der Waals surface area contributed by atoms with Crippen LogP contribution in [-0.4, -0.2) is 32.9 Å². The van der Waals surface area contributed by atoms with Gasteiger partial charge in [-0.3, -0.25) is 4.79 Å². The maximum absolute atomic E-state index is 13.4. The lowest BCUT2D eigenvalue weighted by atomic mass is 9.87. The number of aryl methyl sites for hydroxylation is 1. The summed E-state index contributed by atoms with van der Waals surface area (Å²) in [6.07, 6.45) is 2.42. The van der Waals surface area contributed by atoms with E-state index in [4.69, 9.17) is 11.6 Å². The van der Waals surface area contributed by atoms with Gasteiger partial charge in [0.25, 0.3) is 0 Å². The van der Waals surface area contributed by atoms with Gasteiger partial charge >= 0.3 is 6.18 Å². The molecule has 3 aromatic rings. The summed E-state index contributed by atoms with van der Waals surface area (Å²) in [6, 6.07) is 5.80. The number of benzene rings is 1. The molecule has 10 heteroatoms. The number of aromatic amines is 1. The molecule has 2 aliphatic carbocycles. The van der Waals surface area contributed by atoms with Gasteiger partial charge in [0.15, 0.2) is 0 Å². The number of nitrogens with one attached hydrogen (secondary N) is 3. The van der Waals surface area contributed by atoms with Crippen LogP contribution in [0.4, 0.5) is 18.9 Å². The molecule has 0 aliphatic heterocycles. The lowest BCUT2D eigenvalue weighted by molar-refractivity contribution is -0.140. The number of nitrogens with zero attached hydrogens (tertiary/aromatic N) is 2. The standard InChI is InChI=1S/C24H25ClF3N5O/c25-14-2-8-18-17(10-14)20(11-22(33-18)24(26,27)28)31-15-3-5-16(6-4-15)32-23(34)13-1-7-19-21(9-13)30-12-29-19/h2,8,10-13,15-16H,1,3-7,9H2,(H,29,30)(H,31,33)(H,32,34)/t13?,15-,16+. The van der Waals surface area contributed by atoms with Crippen LogP contribution in [0.1, 0.15) is 49.2 Å². The van der Waals surface area contributed by atoms with Gasteiger partial charge in [-0.25, -0.2) is 9.97 Å². The Kier molecular flexibility index (Phi) is 6.14. The number of aromatic nitrogens is 3. The van der Waals surface area contributed by atoms with E-state index < -0.39 is 11.9 Å². The summed E-state index contributed by atoms with van der Waals surface area (Å²) in [6.45, 7) is 0. The Labute approximate surface area is 199 Å². The minimum Gasteiger partial charge on any atom is -0.382 e. The first-order valence-electron chi connectivity index (χ1n) is 11.5. The Balaban J connectivity index is 1.22. The maximum atomic E-state index is 13.4. The number of amides is 1. The lowest BCUT2D eigenvalue weighted by Crippen LogP contribution is -2.43. The molecule has 5 rings (SSSR count). The zero-order chi connectivity index (χ0) is 23.9. The van der Waals surface area contributed by atoms with Gasteiger partial charge in [-0.05, 0) is 62.8 Å². The van der Waals surface area contributed by atoms with Crippen molar-refractivity contribution in [1.29, 1.82) is 0 Å². The molecule has 0 saturated heterocycles. The largest absolute Gasteiger partial charge is 0.433 e. The first-order valence-corrected chi connectivity index (χ1v) is 11.9. The fourth-order valence-corrected chi connectivity index (χ4v) is 5.18. The number of hydrogen-bond acceptors (Lipinski definition) is 4. The van der Waals surface area contributed by atoms with Crippen LogP contribution in [0.3, 0.4) is 0 Å². The second-order valence-corrected chi connectivity index (χ2v) is 9.62. The number of fused-ring (bicyclic) bond motifs is 2. The van der Waals surface area contributed by atoms with E-state index in [0.29, 0.717) is 22.5 Å². The van der Waals surface area contributed by atoms with E-state index in [1.165, 1.54) is 12.1 Å². The summed E-state index contributed by atoms with van der Waals surface area (Å²) in [5, 5.41) is 7.47. The highest BCUT2D eigenvalue weighted by atomic mass is 35.5. The van der Waals surface area contributed by atoms with Crippen molar-refractivity contribution in [2.24, 2.45) is 5.92 Å². The SMILES string of the molecule is O=C(N[C@H]1CC[C@@H](Nc2cc(C(F)(F)F)nc3ccc(Cl)cc23)CC1)C1CCc2nc[nH]c2C1. The van der Waals surface area contributed by atoms with Gasteiger partial charge in [0.1, 0.15) is 5.69 Å². The van der Waals surface area contributed by atoms with Crippen molar-refractivity contribution >= 4 is 34.1 Å². The molecule has 180 valence electrons. The van der Waals surface area contributed by atoms with Crippen molar-refractivity contribution < 1.29 is 18.0 Å². The number of anilines is 1. The topological polar surface area (TPSA) is 82.7 Å². The number of imidazole rings is 1. The molecule has 0 bridgehead atoms. The van der Waals surface area contributed by atoms with Crippen LogP contribution in [-0.2, 0) is 23.8 Å². The van der Waals surface area contributed by atoms with Crippen LogP contribution >= 0.6 is 11.6 Å². The second kappa shape index (κ2) is 9.09. The van der Waals surface area contributed by atoms with E-state index in [-0.39, 0.29) is 29.4 Å². The third kappa shape index (κ3) is 4.85. The summed E-state index contributed by atoms with van der Waals surface area (Å²) in [7, 11) is 0. The highest BCUT2D eigenvalue weighted by Gasteiger charge is 2.34. The van der Waals surface area contributed by atoms with E-state index in [0.717, 1.165) is 56.0 Å². The predicted octanol–water partition coefficient (Wildman–Crippen LogP) is 5.27. The molecule has 0 radical (unpaired) electrons. The molecule has 2 aromatic heterocycles. The molecule has 2 heterocycles. The van der Waals surface area contributed by atoms with Gasteiger partial charge in [0.05, 0.1) is 17.5 Å². The van der Waals surface area contributed by atoms with Crippen LogP contribution in [0.5, 0.6) is 0 Å². The van der Waals surface area contributed by atoms with E-state index in [9.17, 15) is 18.0 Å². The van der Waals surface area contributed by atoms with Gasteiger partial charge in [-0.1, -0.05) is 11.6 Å². The van der Waals surface area contributed by atoms with E-state index in [1.807, 2.05) is 0 Å². The van der Waals surface area contributed by atoms with Gasteiger partial charge in [-0.2, -0.15) is 13.2 Å². The number of carbonyl (C=O) groups is 1. The van der Waals surface area contributed by atoms with E-state index in [2.05, 4.69) is 25.6 Å². The lowest BCUT2D eigenvalue weighted by Gasteiger charge is -2.32. The third-order valence-corrected chi connectivity index (χ3v) is 7.09. The number of H-pyrrole nitrogens is 1. The number of carbonyl (C=O) groups excluding carboxylic acids is 1. The van der Waals surface area contributed by atoms with Crippen molar-refractivity contribution in [3.63, 3.8) is 0 Å². The number of pyridine rings is 1. The first kappa shape index (κ1) is 23.0. The summed E-state index contributed by atoms with van der Waals surface area (Å²) < 4.78 is 40.1. The Hall–Kier alpha value is -2.81. The predicted molar refractivity (Wildman–Crippen MR) is 124 cm³/mol. The van der Waals surface area contributed by atoms with E-state index >= 15 is 0 Å². The molecule has 1 fully saturated rings. The Morgan fingerprint density at radius 2 is 1.85 bits per heavy atom. The summed E-state index contributed by atoms with van der Waals surface area (Å²) in [4.78, 5) is 24.0. The number of rotatable bonds is 4. The fraction of sp³-hybridized carbons (Fsp3) is 0.458. The molecule has 1 saturated carbocycles. The van der Waals surface area contributed by atoms with Gasteiger partial charge in [0, 0.05) is 46.2 Å².